The lowest BCUT2D eigenvalue weighted by atomic mass is 9.94. The van der Waals surface area contributed by atoms with E-state index < -0.39 is 0 Å². The maximum Gasteiger partial charge on any atom is 0.308 e. The molecule has 0 atom stereocenters. The molecular formula is C21H44Cl2N2O2. The molecular weight excluding hydrogens is 383 g/mol. The van der Waals surface area contributed by atoms with Crippen molar-refractivity contribution in [1.29, 1.82) is 0 Å². The highest BCUT2D eigenvalue weighted by molar-refractivity contribution is 5.85. The van der Waals surface area contributed by atoms with Crippen molar-refractivity contribution < 1.29 is 9.53 Å². The van der Waals surface area contributed by atoms with E-state index in [0.29, 0.717) is 6.61 Å². The van der Waals surface area contributed by atoms with Crippen LogP contribution in [0.15, 0.2) is 0 Å². The van der Waals surface area contributed by atoms with Crippen LogP contribution < -0.4 is 0 Å². The van der Waals surface area contributed by atoms with Crippen LogP contribution in [0.4, 0.5) is 0 Å². The second-order valence-corrected chi connectivity index (χ2v) is 7.71. The first-order valence-electron chi connectivity index (χ1n) is 10.7. The lowest BCUT2D eigenvalue weighted by Crippen LogP contribution is -2.45. The van der Waals surface area contributed by atoms with Crippen LogP contribution in [0.5, 0.6) is 0 Å². The number of ether oxygens (including phenoxy) is 1. The molecule has 164 valence electrons. The summed E-state index contributed by atoms with van der Waals surface area (Å²) in [5.74, 6) is 0.184. The Bertz CT molecular complexity index is 326. The van der Waals surface area contributed by atoms with Crippen molar-refractivity contribution >= 4 is 30.8 Å². The van der Waals surface area contributed by atoms with Gasteiger partial charge in [-0.25, -0.2) is 0 Å². The van der Waals surface area contributed by atoms with Crippen LogP contribution in [0.1, 0.15) is 78.1 Å². The molecule has 27 heavy (non-hydrogen) atoms. The zero-order valence-electron chi connectivity index (χ0n) is 17.9. The average molecular weight is 428 g/mol. The van der Waals surface area contributed by atoms with Crippen LogP contribution in [0.3, 0.4) is 0 Å². The number of rotatable bonds is 14. The van der Waals surface area contributed by atoms with Gasteiger partial charge in [0.05, 0.1) is 5.92 Å². The summed E-state index contributed by atoms with van der Waals surface area (Å²) in [5, 5.41) is 0. The number of carbonyl (C=O) groups excluding carboxylic acids is 1. The Morgan fingerprint density at radius 2 is 1.37 bits per heavy atom. The SMILES string of the molecule is CCCCCCC(CCCCCC)C(=O)OCCN1CCN(C)CC1.Cl.Cl. The molecule has 0 N–H and O–H groups in total. The molecule has 0 spiro atoms. The molecule has 0 saturated carbocycles. The summed E-state index contributed by atoms with van der Waals surface area (Å²) >= 11 is 0. The molecule has 1 fully saturated rings. The summed E-state index contributed by atoms with van der Waals surface area (Å²) in [6, 6.07) is 0. The highest BCUT2D eigenvalue weighted by atomic mass is 35.5. The van der Waals surface area contributed by atoms with Crippen LogP contribution in [0, 0.1) is 5.92 Å². The predicted molar refractivity (Wildman–Crippen MR) is 120 cm³/mol. The maximum atomic E-state index is 12.5. The van der Waals surface area contributed by atoms with E-state index >= 15 is 0 Å². The lowest BCUT2D eigenvalue weighted by molar-refractivity contribution is -0.149. The normalized spacial score (nSPS) is 15.3. The van der Waals surface area contributed by atoms with E-state index in [2.05, 4.69) is 30.7 Å². The minimum atomic E-state index is 0. The number of carbonyl (C=O) groups is 1. The number of likely N-dealkylation sites (N-methyl/N-ethyl adjacent to an activating group) is 1. The Morgan fingerprint density at radius 1 is 0.852 bits per heavy atom. The Balaban J connectivity index is 0. The number of esters is 1. The van der Waals surface area contributed by atoms with E-state index in [1.807, 2.05) is 0 Å². The van der Waals surface area contributed by atoms with Crippen molar-refractivity contribution in [2.75, 3.05) is 46.4 Å². The van der Waals surface area contributed by atoms with Gasteiger partial charge in [0.1, 0.15) is 6.61 Å². The van der Waals surface area contributed by atoms with E-state index in [-0.39, 0.29) is 36.7 Å². The Labute approximate surface area is 180 Å². The monoisotopic (exact) mass is 426 g/mol. The Kier molecular flexibility index (Phi) is 20.8. The minimum Gasteiger partial charge on any atom is -0.464 e. The van der Waals surface area contributed by atoms with Gasteiger partial charge in [-0.1, -0.05) is 65.2 Å². The smallest absolute Gasteiger partial charge is 0.308 e. The first kappa shape index (κ1) is 29.2. The first-order chi connectivity index (χ1) is 12.2. The third kappa shape index (κ3) is 14.6. The summed E-state index contributed by atoms with van der Waals surface area (Å²) in [4.78, 5) is 17.3. The van der Waals surface area contributed by atoms with E-state index in [1.165, 1.54) is 51.4 Å². The highest BCUT2D eigenvalue weighted by Crippen LogP contribution is 2.20. The van der Waals surface area contributed by atoms with Crippen molar-refractivity contribution in [2.24, 2.45) is 5.92 Å². The number of nitrogens with zero attached hydrogens (tertiary/aromatic N) is 2. The topological polar surface area (TPSA) is 32.8 Å². The lowest BCUT2D eigenvalue weighted by Gasteiger charge is -2.32. The van der Waals surface area contributed by atoms with Crippen LogP contribution >= 0.6 is 24.8 Å². The number of hydrogen-bond donors (Lipinski definition) is 0. The minimum absolute atomic E-state index is 0. The van der Waals surface area contributed by atoms with Crippen LogP contribution in [0.25, 0.3) is 0 Å². The quantitative estimate of drug-likeness (QED) is 0.283. The standard InChI is InChI=1S/C21H42N2O2.2ClH/c1-4-6-8-10-12-20(13-11-9-7-5-2)21(24)25-19-18-23-16-14-22(3)15-17-23;;/h20H,4-19H2,1-3H3;2*1H. The van der Waals surface area contributed by atoms with E-state index in [9.17, 15) is 4.79 Å². The Morgan fingerprint density at radius 3 is 1.85 bits per heavy atom. The Hall–Kier alpha value is -0.0300. The predicted octanol–water partition coefficient (Wildman–Crippen LogP) is 5.18. The maximum absolute atomic E-state index is 12.5. The molecule has 0 unspecified atom stereocenters. The van der Waals surface area contributed by atoms with Gasteiger partial charge in [0.15, 0.2) is 0 Å². The number of halogens is 2. The highest BCUT2D eigenvalue weighted by Gasteiger charge is 2.20. The third-order valence-corrected chi connectivity index (χ3v) is 5.39. The molecule has 6 heteroatoms. The number of unbranched alkanes of at least 4 members (excludes halogenated alkanes) is 6. The van der Waals surface area contributed by atoms with Crippen LogP contribution in [-0.2, 0) is 9.53 Å². The fraction of sp³-hybridized carbons (Fsp3) is 0.952. The first-order valence-corrected chi connectivity index (χ1v) is 10.7. The molecule has 4 nitrogen and oxygen atoms in total. The summed E-state index contributed by atoms with van der Waals surface area (Å²) in [6.07, 6.45) is 11.9. The van der Waals surface area contributed by atoms with Crippen molar-refractivity contribution in [1.82, 2.24) is 9.80 Å². The molecule has 0 aromatic heterocycles. The zero-order valence-corrected chi connectivity index (χ0v) is 19.6. The largest absolute Gasteiger partial charge is 0.464 e. The van der Waals surface area contributed by atoms with E-state index in [4.69, 9.17) is 4.74 Å². The number of hydrogen-bond acceptors (Lipinski definition) is 4. The molecule has 0 aliphatic carbocycles. The van der Waals surface area contributed by atoms with Crippen LogP contribution in [-0.4, -0.2) is 62.1 Å². The molecule has 1 saturated heterocycles. The van der Waals surface area contributed by atoms with Gasteiger partial charge in [0.2, 0.25) is 0 Å². The van der Waals surface area contributed by atoms with Gasteiger partial charge in [0.25, 0.3) is 0 Å². The fourth-order valence-corrected chi connectivity index (χ4v) is 3.48. The number of piperazine rings is 1. The van der Waals surface area contributed by atoms with Crippen molar-refractivity contribution in [3.8, 4) is 0 Å². The van der Waals surface area contributed by atoms with Gasteiger partial charge in [0, 0.05) is 32.7 Å². The van der Waals surface area contributed by atoms with Gasteiger partial charge in [-0.15, -0.1) is 24.8 Å². The third-order valence-electron chi connectivity index (χ3n) is 5.39. The summed E-state index contributed by atoms with van der Waals surface area (Å²) in [5.41, 5.74) is 0. The zero-order chi connectivity index (χ0) is 18.3. The molecule has 1 rings (SSSR count). The van der Waals surface area contributed by atoms with E-state index in [1.54, 1.807) is 0 Å². The average Bonchev–Trinajstić information content (AvgIpc) is 2.62. The molecule has 0 aromatic carbocycles. The molecule has 0 aromatic rings. The van der Waals surface area contributed by atoms with Gasteiger partial charge in [-0.2, -0.15) is 0 Å². The van der Waals surface area contributed by atoms with Crippen molar-refractivity contribution in [3.63, 3.8) is 0 Å². The van der Waals surface area contributed by atoms with Crippen LogP contribution in [0.2, 0.25) is 0 Å². The van der Waals surface area contributed by atoms with Crippen molar-refractivity contribution in [2.45, 2.75) is 78.1 Å². The van der Waals surface area contributed by atoms with Gasteiger partial charge in [-0.05, 0) is 19.9 Å². The molecule has 0 amide bonds. The fourth-order valence-electron chi connectivity index (χ4n) is 3.48. The van der Waals surface area contributed by atoms with Crippen molar-refractivity contribution in [3.05, 3.63) is 0 Å². The molecule has 1 aliphatic heterocycles. The van der Waals surface area contributed by atoms with Gasteiger partial charge >= 0.3 is 5.97 Å². The molecule has 1 aliphatic rings. The van der Waals surface area contributed by atoms with Gasteiger partial charge in [-0.3, -0.25) is 9.69 Å². The summed E-state index contributed by atoms with van der Waals surface area (Å²) in [6.45, 7) is 10.3. The summed E-state index contributed by atoms with van der Waals surface area (Å²) in [7, 11) is 2.17. The molecule has 0 bridgehead atoms. The molecule has 1 heterocycles. The summed E-state index contributed by atoms with van der Waals surface area (Å²) < 4.78 is 5.65. The van der Waals surface area contributed by atoms with Gasteiger partial charge < -0.3 is 9.64 Å². The van der Waals surface area contributed by atoms with E-state index in [0.717, 1.165) is 45.6 Å². The second-order valence-electron chi connectivity index (χ2n) is 7.71. The molecule has 0 radical (unpaired) electrons. The second kappa shape index (κ2) is 19.3.